The molecule has 0 bridgehead atoms. The van der Waals surface area contributed by atoms with E-state index >= 15 is 0 Å². The molecule has 4 rings (SSSR count). The highest BCUT2D eigenvalue weighted by molar-refractivity contribution is 5.99. The molecule has 2 unspecified atom stereocenters. The molecule has 0 aromatic carbocycles. The highest BCUT2D eigenvalue weighted by Gasteiger charge is 2.71. The predicted molar refractivity (Wildman–Crippen MR) is 135 cm³/mol. The zero-order valence-corrected chi connectivity index (χ0v) is 21.8. The van der Waals surface area contributed by atoms with E-state index in [1.807, 2.05) is 29.2 Å². The van der Waals surface area contributed by atoms with Gasteiger partial charge >= 0.3 is 5.97 Å². The van der Waals surface area contributed by atoms with Crippen molar-refractivity contribution in [1.29, 1.82) is 0 Å². The van der Waals surface area contributed by atoms with E-state index in [0.29, 0.717) is 19.7 Å². The molecule has 8 nitrogen and oxygen atoms in total. The molecule has 1 spiro atoms. The summed E-state index contributed by atoms with van der Waals surface area (Å²) in [6.45, 7) is 5.52. The van der Waals surface area contributed by atoms with Crippen LogP contribution < -0.4 is 0 Å². The Kier molecular flexibility index (Phi) is 8.88. The Morgan fingerprint density at radius 2 is 1.92 bits per heavy atom. The monoisotopic (exact) mass is 502 g/mol. The van der Waals surface area contributed by atoms with Gasteiger partial charge in [-0.2, -0.15) is 0 Å². The minimum Gasteiger partial charge on any atom is -0.465 e. The molecule has 8 heteroatoms. The summed E-state index contributed by atoms with van der Waals surface area (Å²) >= 11 is 0. The summed E-state index contributed by atoms with van der Waals surface area (Å²) in [4.78, 5) is 45.0. The molecular weight excluding hydrogens is 460 g/mol. The fourth-order valence-electron chi connectivity index (χ4n) is 6.39. The average Bonchev–Trinajstić information content (AvgIpc) is 3.24. The normalized spacial score (nSPS) is 34.0. The zero-order chi connectivity index (χ0) is 25.7. The first-order valence-corrected chi connectivity index (χ1v) is 13.9. The van der Waals surface area contributed by atoms with Gasteiger partial charge in [0.15, 0.2) is 0 Å². The third-order valence-corrected chi connectivity index (χ3v) is 8.18. The van der Waals surface area contributed by atoms with Crippen molar-refractivity contribution in [3.05, 3.63) is 24.3 Å². The number of allylic oxidation sites excluding steroid dienone is 1. The van der Waals surface area contributed by atoms with E-state index in [1.165, 1.54) is 0 Å². The number of likely N-dealkylation sites (tertiary alicyclic amines) is 1. The Bertz CT molecular complexity index is 872. The lowest BCUT2D eigenvalue weighted by Gasteiger charge is -2.37. The molecule has 2 fully saturated rings. The van der Waals surface area contributed by atoms with E-state index in [0.717, 1.165) is 57.8 Å². The van der Waals surface area contributed by atoms with Crippen LogP contribution in [0.5, 0.6) is 0 Å². The van der Waals surface area contributed by atoms with Crippen LogP contribution in [0, 0.1) is 11.8 Å². The number of fused-ring (bicyclic) bond motifs is 2. The van der Waals surface area contributed by atoms with E-state index in [4.69, 9.17) is 14.6 Å². The van der Waals surface area contributed by atoms with Gasteiger partial charge in [-0.1, -0.05) is 50.5 Å². The van der Waals surface area contributed by atoms with Gasteiger partial charge in [0.25, 0.3) is 0 Å². The third-order valence-electron chi connectivity index (χ3n) is 8.18. The van der Waals surface area contributed by atoms with Crippen molar-refractivity contribution in [2.24, 2.45) is 11.8 Å². The quantitative estimate of drug-likeness (QED) is 0.296. The van der Waals surface area contributed by atoms with Crippen LogP contribution in [-0.2, 0) is 23.9 Å². The molecule has 2 amide bonds. The number of rotatable bonds is 9. The minimum absolute atomic E-state index is 0.0369. The molecule has 0 radical (unpaired) electrons. The number of carbonyl (C=O) groups excluding carboxylic acids is 3. The van der Waals surface area contributed by atoms with Crippen LogP contribution in [-0.4, -0.2) is 82.8 Å². The van der Waals surface area contributed by atoms with Crippen LogP contribution in [0.1, 0.15) is 71.6 Å². The first kappa shape index (κ1) is 26.9. The molecule has 0 saturated carbocycles. The van der Waals surface area contributed by atoms with Crippen molar-refractivity contribution in [2.45, 2.75) is 95.4 Å². The predicted octanol–water partition coefficient (Wildman–Crippen LogP) is 2.99. The van der Waals surface area contributed by atoms with Gasteiger partial charge in [0.2, 0.25) is 11.8 Å². The lowest BCUT2D eigenvalue weighted by Crippen LogP contribution is -2.56. The lowest BCUT2D eigenvalue weighted by atomic mass is 9.78. The molecule has 4 aliphatic heterocycles. The number of ether oxygens (including phenoxy) is 2. The van der Waals surface area contributed by atoms with Crippen molar-refractivity contribution in [3.63, 3.8) is 0 Å². The second kappa shape index (κ2) is 11.9. The fraction of sp³-hybridized carbons (Fsp3) is 0.750. The Labute approximate surface area is 214 Å². The number of hydrogen-bond donors (Lipinski definition) is 1. The summed E-state index contributed by atoms with van der Waals surface area (Å²) in [6.07, 6.45) is 14.7. The van der Waals surface area contributed by atoms with Crippen molar-refractivity contribution >= 4 is 17.8 Å². The number of amides is 2. The van der Waals surface area contributed by atoms with E-state index in [-0.39, 0.29) is 24.5 Å². The van der Waals surface area contributed by atoms with Crippen molar-refractivity contribution in [1.82, 2.24) is 9.80 Å². The SMILES string of the molecule is CCCC(C)N1CC=C[C@]23O[C@H]4/C=C\CCCCOC(=O)[C@H]4[C@H]2C(=O)N(CCCCCCO)C3C1=O. The lowest BCUT2D eigenvalue weighted by molar-refractivity contribution is -0.155. The Morgan fingerprint density at radius 3 is 2.69 bits per heavy atom. The molecule has 200 valence electrons. The van der Waals surface area contributed by atoms with Crippen LogP contribution in [0.2, 0.25) is 0 Å². The first-order valence-electron chi connectivity index (χ1n) is 13.9. The summed E-state index contributed by atoms with van der Waals surface area (Å²) in [5.41, 5.74) is -1.19. The number of aliphatic hydroxyl groups excluding tert-OH is 1. The number of unbranched alkanes of at least 4 members (excludes halogenated alkanes) is 3. The van der Waals surface area contributed by atoms with Crippen molar-refractivity contribution < 1.29 is 29.0 Å². The van der Waals surface area contributed by atoms with Gasteiger partial charge in [0.1, 0.15) is 17.6 Å². The average molecular weight is 503 g/mol. The highest BCUT2D eigenvalue weighted by Crippen LogP contribution is 2.53. The van der Waals surface area contributed by atoms with Gasteiger partial charge in [-0.05, 0) is 45.4 Å². The standard InChI is InChI=1S/C28H42N2O6/c1-3-13-20(2)29-17-12-15-28-23(22-21(36-28)14-8-4-7-11-19-35-27(22)34)25(32)30(24(28)26(29)33)16-9-5-6-10-18-31/h8,12,14-15,20-24,31H,3-7,9-11,13,16-19H2,1-2H3/b14-8-/t20?,21-,22+,23-,24?,28-/m0/s1. The van der Waals surface area contributed by atoms with E-state index in [9.17, 15) is 14.4 Å². The van der Waals surface area contributed by atoms with E-state index in [2.05, 4.69) is 13.8 Å². The molecule has 36 heavy (non-hydrogen) atoms. The summed E-state index contributed by atoms with van der Waals surface area (Å²) in [5, 5.41) is 9.10. The number of aliphatic hydroxyl groups is 1. The maximum atomic E-state index is 14.1. The molecule has 4 heterocycles. The molecule has 4 aliphatic rings. The first-order chi connectivity index (χ1) is 17.5. The summed E-state index contributed by atoms with van der Waals surface area (Å²) in [7, 11) is 0. The topological polar surface area (TPSA) is 96.4 Å². The Morgan fingerprint density at radius 1 is 1.11 bits per heavy atom. The maximum absolute atomic E-state index is 14.1. The third kappa shape index (κ3) is 4.99. The zero-order valence-electron chi connectivity index (χ0n) is 21.8. The largest absolute Gasteiger partial charge is 0.465 e. The van der Waals surface area contributed by atoms with Gasteiger partial charge in [0.05, 0.1) is 18.6 Å². The summed E-state index contributed by atoms with van der Waals surface area (Å²) < 4.78 is 12.3. The van der Waals surface area contributed by atoms with Crippen molar-refractivity contribution in [2.75, 3.05) is 26.3 Å². The van der Waals surface area contributed by atoms with E-state index < -0.39 is 35.6 Å². The van der Waals surface area contributed by atoms with Gasteiger partial charge in [-0.15, -0.1) is 0 Å². The molecule has 2 saturated heterocycles. The summed E-state index contributed by atoms with van der Waals surface area (Å²) in [5.74, 6) is -2.27. The number of hydrogen-bond acceptors (Lipinski definition) is 6. The van der Waals surface area contributed by atoms with Gasteiger partial charge < -0.3 is 24.4 Å². The molecule has 1 N–H and O–H groups in total. The molecule has 0 aromatic rings. The van der Waals surface area contributed by atoms with Crippen LogP contribution in [0.4, 0.5) is 0 Å². The molecule has 0 aromatic heterocycles. The maximum Gasteiger partial charge on any atom is 0.312 e. The van der Waals surface area contributed by atoms with Gasteiger partial charge in [0, 0.05) is 25.7 Å². The van der Waals surface area contributed by atoms with Crippen LogP contribution in [0.25, 0.3) is 0 Å². The van der Waals surface area contributed by atoms with Gasteiger partial charge in [-0.3, -0.25) is 14.4 Å². The van der Waals surface area contributed by atoms with Crippen molar-refractivity contribution in [3.8, 4) is 0 Å². The molecular formula is C28H42N2O6. The molecule has 6 atom stereocenters. The number of cyclic esters (lactones) is 1. The van der Waals surface area contributed by atoms with Gasteiger partial charge in [-0.25, -0.2) is 0 Å². The second-order valence-electron chi connectivity index (χ2n) is 10.6. The molecule has 0 aliphatic carbocycles. The summed E-state index contributed by atoms with van der Waals surface area (Å²) in [6, 6.07) is -0.764. The minimum atomic E-state index is -1.19. The highest BCUT2D eigenvalue weighted by atomic mass is 16.6. The van der Waals surface area contributed by atoms with Crippen LogP contribution >= 0.6 is 0 Å². The number of esters is 1. The smallest absolute Gasteiger partial charge is 0.312 e. The Balaban J connectivity index is 1.71. The van der Waals surface area contributed by atoms with Crippen LogP contribution in [0.3, 0.4) is 0 Å². The number of nitrogens with zero attached hydrogens (tertiary/aromatic N) is 2. The number of carbonyl (C=O) groups is 3. The second-order valence-corrected chi connectivity index (χ2v) is 10.6. The van der Waals surface area contributed by atoms with Crippen LogP contribution in [0.15, 0.2) is 24.3 Å². The fourth-order valence-corrected chi connectivity index (χ4v) is 6.39. The Hall–Kier alpha value is -2.19. The van der Waals surface area contributed by atoms with E-state index in [1.54, 1.807) is 4.90 Å².